The van der Waals surface area contributed by atoms with Crippen LogP contribution in [0.2, 0.25) is 5.15 Å². The number of benzene rings is 1. The zero-order valence-electron chi connectivity index (χ0n) is 26.0. The summed E-state index contributed by atoms with van der Waals surface area (Å²) in [5.41, 5.74) is 3.82. The van der Waals surface area contributed by atoms with Crippen LogP contribution in [0, 0.1) is 6.92 Å². The number of carbonyl (C=O) groups excluding carboxylic acids is 2. The third-order valence-corrected chi connectivity index (χ3v) is 6.41. The first-order valence-corrected chi connectivity index (χ1v) is 14.5. The number of ether oxygens (including phenoxy) is 3. The molecule has 0 radical (unpaired) electrons. The smallest absolute Gasteiger partial charge is 0.413 e. The van der Waals surface area contributed by atoms with Crippen LogP contribution in [0.5, 0.6) is 5.75 Å². The largest absolute Gasteiger partial charge is 0.494 e. The Balaban J connectivity index is 1.55. The van der Waals surface area contributed by atoms with Gasteiger partial charge in [-0.25, -0.2) is 24.7 Å². The zero-order chi connectivity index (χ0) is 32.6. The van der Waals surface area contributed by atoms with Gasteiger partial charge in [-0.15, -0.1) is 0 Å². The van der Waals surface area contributed by atoms with Crippen LogP contribution in [0.25, 0.3) is 11.4 Å². The lowest BCUT2D eigenvalue weighted by molar-refractivity contribution is 0.0634. The van der Waals surface area contributed by atoms with Gasteiger partial charge in [0.15, 0.2) is 11.6 Å². The molecule has 0 fully saturated rings. The van der Waals surface area contributed by atoms with Gasteiger partial charge in [0.25, 0.3) is 5.91 Å². The first kappa shape index (κ1) is 33.1. The summed E-state index contributed by atoms with van der Waals surface area (Å²) in [6.07, 6.45) is 4.81. The molecule has 12 nitrogen and oxygen atoms in total. The van der Waals surface area contributed by atoms with Crippen molar-refractivity contribution in [1.29, 1.82) is 0 Å². The summed E-state index contributed by atoms with van der Waals surface area (Å²) < 4.78 is 17.1. The molecule has 0 saturated carbocycles. The number of aryl methyl sites for hydroxylation is 1. The van der Waals surface area contributed by atoms with E-state index in [9.17, 15) is 9.59 Å². The van der Waals surface area contributed by atoms with Crippen molar-refractivity contribution in [1.82, 2.24) is 25.3 Å². The van der Waals surface area contributed by atoms with Gasteiger partial charge in [-0.1, -0.05) is 17.7 Å². The minimum Gasteiger partial charge on any atom is -0.494 e. The SMILES string of the molecule is CNC(=O)c1cnc(Cl)cc1Nc1cc(CCOCc2cccc(NC(=O)OC(C)(C)C)n2)cc(-c2ncc(C)cn2)c1OC. The quantitative estimate of drug-likeness (QED) is 0.130. The minimum absolute atomic E-state index is 0.217. The van der Waals surface area contributed by atoms with Crippen molar-refractivity contribution in [3.05, 3.63) is 82.5 Å². The van der Waals surface area contributed by atoms with Gasteiger partial charge in [-0.3, -0.25) is 10.1 Å². The van der Waals surface area contributed by atoms with E-state index in [1.807, 2.05) is 25.1 Å². The third-order valence-electron chi connectivity index (χ3n) is 6.21. The fourth-order valence-electron chi connectivity index (χ4n) is 4.24. The third kappa shape index (κ3) is 9.34. The molecule has 0 aliphatic carbocycles. The van der Waals surface area contributed by atoms with E-state index < -0.39 is 11.7 Å². The lowest BCUT2D eigenvalue weighted by atomic mass is 10.0. The molecule has 0 aliphatic rings. The minimum atomic E-state index is -0.620. The number of anilines is 3. The molecule has 0 unspecified atom stereocenters. The molecule has 2 amide bonds. The molecular formula is C32H36ClN7O5. The molecule has 3 heterocycles. The highest BCUT2D eigenvalue weighted by atomic mass is 35.5. The van der Waals surface area contributed by atoms with E-state index in [0.717, 1.165) is 11.1 Å². The standard InChI is InChI=1S/C32H36ClN7O5/c1-19-15-36-29(37-16-19)22-12-20(10-11-44-18-21-8-7-9-27(38-21)40-31(42)45-32(2,3)4)13-25(28(22)43-6)39-24-14-26(33)35-17-23(24)30(41)34-5/h7-9,12-17H,10-11,18H2,1-6H3,(H,34,41)(H,35,39)(H,38,40,42). The predicted molar refractivity (Wildman–Crippen MR) is 172 cm³/mol. The molecule has 4 aromatic rings. The second-order valence-corrected chi connectivity index (χ2v) is 11.4. The number of halogens is 1. The van der Waals surface area contributed by atoms with Crippen molar-refractivity contribution < 1.29 is 23.8 Å². The average Bonchev–Trinajstić information content (AvgIpc) is 2.98. The van der Waals surface area contributed by atoms with Crippen molar-refractivity contribution in [3.8, 4) is 17.1 Å². The van der Waals surface area contributed by atoms with Crippen molar-refractivity contribution in [2.24, 2.45) is 0 Å². The van der Waals surface area contributed by atoms with Gasteiger partial charge in [0.1, 0.15) is 16.6 Å². The Morgan fingerprint density at radius 1 is 1.00 bits per heavy atom. The summed E-state index contributed by atoms with van der Waals surface area (Å²) in [5.74, 6) is 0.997. The van der Waals surface area contributed by atoms with Crippen molar-refractivity contribution in [3.63, 3.8) is 0 Å². The number of nitrogens with zero attached hydrogens (tertiary/aromatic N) is 4. The van der Waals surface area contributed by atoms with Gasteiger partial charge in [0, 0.05) is 25.6 Å². The maximum Gasteiger partial charge on any atom is 0.413 e. The van der Waals surface area contributed by atoms with E-state index in [1.54, 1.807) is 58.5 Å². The Labute approximate surface area is 266 Å². The molecule has 4 rings (SSSR count). The molecule has 3 aromatic heterocycles. The van der Waals surface area contributed by atoms with Gasteiger partial charge < -0.3 is 24.8 Å². The van der Waals surface area contributed by atoms with Crippen molar-refractivity contribution in [2.75, 3.05) is 31.4 Å². The van der Waals surface area contributed by atoms with Gasteiger partial charge in [-0.05, 0) is 75.6 Å². The summed E-state index contributed by atoms with van der Waals surface area (Å²) >= 11 is 6.19. The van der Waals surface area contributed by atoms with Gasteiger partial charge >= 0.3 is 6.09 Å². The summed E-state index contributed by atoms with van der Waals surface area (Å²) in [4.78, 5) is 42.2. The topological polar surface area (TPSA) is 149 Å². The number of hydrogen-bond acceptors (Lipinski definition) is 10. The lowest BCUT2D eigenvalue weighted by Gasteiger charge is -2.19. The first-order valence-electron chi connectivity index (χ1n) is 14.1. The number of nitrogens with one attached hydrogen (secondary N) is 3. The summed E-state index contributed by atoms with van der Waals surface area (Å²) in [5, 5.41) is 8.77. The second kappa shape index (κ2) is 14.8. The van der Waals surface area contributed by atoms with Crippen LogP contribution in [0.1, 0.15) is 48.0 Å². The molecule has 236 valence electrons. The predicted octanol–water partition coefficient (Wildman–Crippen LogP) is 6.11. The summed E-state index contributed by atoms with van der Waals surface area (Å²) in [7, 11) is 3.09. The van der Waals surface area contributed by atoms with Crippen LogP contribution in [0.15, 0.2) is 55.0 Å². The number of amides is 2. The molecule has 13 heteroatoms. The molecule has 1 aromatic carbocycles. The highest BCUT2D eigenvalue weighted by Gasteiger charge is 2.20. The summed E-state index contributed by atoms with van der Waals surface area (Å²) in [6, 6.07) is 10.7. The van der Waals surface area contributed by atoms with Crippen LogP contribution in [-0.2, 0) is 22.5 Å². The maximum atomic E-state index is 12.6. The maximum absolute atomic E-state index is 12.6. The number of rotatable bonds is 11. The fourth-order valence-corrected chi connectivity index (χ4v) is 4.40. The van der Waals surface area contributed by atoms with Crippen LogP contribution >= 0.6 is 11.6 Å². The molecule has 0 spiro atoms. The molecular weight excluding hydrogens is 598 g/mol. The zero-order valence-corrected chi connectivity index (χ0v) is 26.8. The Bertz CT molecular complexity index is 1660. The number of carbonyl (C=O) groups is 2. The Hall–Kier alpha value is -4.81. The van der Waals surface area contributed by atoms with Crippen LogP contribution in [-0.4, -0.2) is 58.3 Å². The second-order valence-electron chi connectivity index (χ2n) is 11.0. The van der Waals surface area contributed by atoms with Crippen LogP contribution < -0.4 is 20.7 Å². The van der Waals surface area contributed by atoms with E-state index in [4.69, 9.17) is 25.8 Å². The molecule has 0 bridgehead atoms. The Morgan fingerprint density at radius 3 is 2.44 bits per heavy atom. The van der Waals surface area contributed by atoms with Gasteiger partial charge in [0.05, 0.1) is 48.5 Å². The van der Waals surface area contributed by atoms with Gasteiger partial charge in [-0.2, -0.15) is 0 Å². The number of aromatic nitrogens is 4. The Kier molecular flexibility index (Phi) is 10.9. The lowest BCUT2D eigenvalue weighted by Crippen LogP contribution is -2.27. The summed E-state index contributed by atoms with van der Waals surface area (Å²) in [6.45, 7) is 7.87. The monoisotopic (exact) mass is 633 g/mol. The number of pyridine rings is 2. The molecule has 0 saturated heterocycles. The van der Waals surface area contributed by atoms with E-state index in [-0.39, 0.29) is 17.7 Å². The van der Waals surface area contributed by atoms with E-state index in [1.165, 1.54) is 13.2 Å². The molecule has 0 atom stereocenters. The van der Waals surface area contributed by atoms with Crippen molar-refractivity contribution in [2.45, 2.75) is 46.3 Å². The van der Waals surface area contributed by atoms with E-state index in [0.29, 0.717) is 58.6 Å². The van der Waals surface area contributed by atoms with Gasteiger partial charge in [0.2, 0.25) is 0 Å². The number of hydrogen-bond donors (Lipinski definition) is 3. The van der Waals surface area contributed by atoms with Crippen molar-refractivity contribution >= 4 is 40.8 Å². The van der Waals surface area contributed by atoms with Crippen LogP contribution in [0.4, 0.5) is 22.0 Å². The van der Waals surface area contributed by atoms with Crippen LogP contribution in [0.3, 0.4) is 0 Å². The Morgan fingerprint density at radius 2 is 1.76 bits per heavy atom. The average molecular weight is 634 g/mol. The van der Waals surface area contributed by atoms with E-state index >= 15 is 0 Å². The van der Waals surface area contributed by atoms with E-state index in [2.05, 4.69) is 35.9 Å². The number of methoxy groups -OCH3 is 1. The molecule has 45 heavy (non-hydrogen) atoms. The molecule has 0 aliphatic heterocycles. The molecule has 3 N–H and O–H groups in total. The fraction of sp³-hybridized carbons (Fsp3) is 0.312. The normalized spacial score (nSPS) is 11.1. The highest BCUT2D eigenvalue weighted by Crippen LogP contribution is 2.39. The first-order chi connectivity index (χ1) is 21.5. The highest BCUT2D eigenvalue weighted by molar-refractivity contribution is 6.29.